The summed E-state index contributed by atoms with van der Waals surface area (Å²) in [6.45, 7) is 5.50. The van der Waals surface area contributed by atoms with Gasteiger partial charge >= 0.3 is 0 Å². The van der Waals surface area contributed by atoms with Crippen LogP contribution in [0.15, 0.2) is 54.7 Å². The Kier molecular flexibility index (Phi) is 9.10. The van der Waals surface area contributed by atoms with Crippen LogP contribution in [0.4, 0.5) is 0 Å². The average molecular weight is 466 g/mol. The number of benzene rings is 2. The van der Waals surface area contributed by atoms with E-state index in [2.05, 4.69) is 11.1 Å². The largest absolute Gasteiger partial charge is 0.497 e. The number of carbonyl (C=O) groups is 2. The van der Waals surface area contributed by atoms with E-state index in [1.54, 1.807) is 19.1 Å². The molecule has 7 heteroatoms. The molecule has 0 radical (unpaired) electrons. The van der Waals surface area contributed by atoms with Crippen molar-refractivity contribution in [2.45, 2.75) is 26.8 Å². The van der Waals surface area contributed by atoms with Crippen molar-refractivity contribution in [3.63, 3.8) is 0 Å². The molecular formula is C27H35N3O4. The third-order valence-corrected chi connectivity index (χ3v) is 5.91. The van der Waals surface area contributed by atoms with Gasteiger partial charge in [-0.1, -0.05) is 44.2 Å². The van der Waals surface area contributed by atoms with Gasteiger partial charge in [0.05, 0.1) is 20.3 Å². The number of nitrogens with zero attached hydrogens (tertiary/aromatic N) is 2. The van der Waals surface area contributed by atoms with Crippen molar-refractivity contribution in [2.75, 3.05) is 40.5 Å². The monoisotopic (exact) mass is 465 g/mol. The van der Waals surface area contributed by atoms with Crippen molar-refractivity contribution in [3.05, 3.63) is 65.9 Å². The number of rotatable bonds is 12. The summed E-state index contributed by atoms with van der Waals surface area (Å²) in [6.07, 6.45) is 2.72. The molecule has 0 saturated heterocycles. The molecule has 2 amide bonds. The van der Waals surface area contributed by atoms with E-state index in [0.29, 0.717) is 32.7 Å². The van der Waals surface area contributed by atoms with E-state index in [4.69, 9.17) is 9.47 Å². The molecule has 0 aliphatic rings. The van der Waals surface area contributed by atoms with Crippen LogP contribution in [-0.4, -0.2) is 67.1 Å². The Morgan fingerprint density at radius 2 is 1.71 bits per heavy atom. The molecule has 0 unspecified atom stereocenters. The summed E-state index contributed by atoms with van der Waals surface area (Å²) >= 11 is 0. The minimum absolute atomic E-state index is 0.0322. The van der Waals surface area contributed by atoms with Gasteiger partial charge in [-0.05, 0) is 35.7 Å². The molecular weight excluding hydrogens is 430 g/mol. The van der Waals surface area contributed by atoms with E-state index in [1.165, 1.54) is 0 Å². The molecule has 1 aromatic heterocycles. The van der Waals surface area contributed by atoms with Gasteiger partial charge in [0.25, 0.3) is 0 Å². The first-order valence-electron chi connectivity index (χ1n) is 11.7. The number of fused-ring (bicyclic) bond motifs is 1. The highest BCUT2D eigenvalue weighted by Gasteiger charge is 2.23. The van der Waals surface area contributed by atoms with Gasteiger partial charge in [-0.2, -0.15) is 0 Å². The van der Waals surface area contributed by atoms with E-state index in [9.17, 15) is 9.59 Å². The zero-order chi connectivity index (χ0) is 24.5. The predicted molar refractivity (Wildman–Crippen MR) is 134 cm³/mol. The molecule has 0 spiro atoms. The van der Waals surface area contributed by atoms with Crippen LogP contribution in [0.3, 0.4) is 0 Å². The van der Waals surface area contributed by atoms with Gasteiger partial charge in [0.15, 0.2) is 0 Å². The fourth-order valence-electron chi connectivity index (χ4n) is 3.93. The van der Waals surface area contributed by atoms with Crippen LogP contribution in [0.2, 0.25) is 0 Å². The van der Waals surface area contributed by atoms with Gasteiger partial charge in [0.2, 0.25) is 11.8 Å². The molecule has 3 rings (SSSR count). The molecule has 0 saturated carbocycles. The number of amides is 2. The first-order chi connectivity index (χ1) is 16.4. The van der Waals surface area contributed by atoms with Crippen LogP contribution in [0.5, 0.6) is 5.75 Å². The minimum Gasteiger partial charge on any atom is -0.497 e. The Hall–Kier alpha value is -3.32. The van der Waals surface area contributed by atoms with Gasteiger partial charge in [-0.25, -0.2) is 0 Å². The quantitative estimate of drug-likeness (QED) is 0.441. The number of para-hydroxylation sites is 1. The number of methoxy groups -OCH3 is 2. The van der Waals surface area contributed by atoms with Crippen LogP contribution in [0.25, 0.3) is 10.9 Å². The van der Waals surface area contributed by atoms with Gasteiger partial charge in [-0.3, -0.25) is 9.59 Å². The molecule has 1 N–H and O–H groups in total. The zero-order valence-electron chi connectivity index (χ0n) is 20.5. The normalized spacial score (nSPS) is 11.1. The number of hydrogen-bond acceptors (Lipinski definition) is 4. The van der Waals surface area contributed by atoms with E-state index < -0.39 is 0 Å². The lowest BCUT2D eigenvalue weighted by Gasteiger charge is -2.29. The molecule has 0 bridgehead atoms. The zero-order valence-corrected chi connectivity index (χ0v) is 20.5. The Labute approximate surface area is 201 Å². The number of nitrogens with one attached hydrogen (secondary N) is 1. The Morgan fingerprint density at radius 3 is 2.38 bits per heavy atom. The summed E-state index contributed by atoms with van der Waals surface area (Å²) in [5.74, 6) is 0.451. The van der Waals surface area contributed by atoms with Crippen molar-refractivity contribution in [1.82, 2.24) is 14.8 Å². The maximum absolute atomic E-state index is 13.5. The fraction of sp³-hybridized carbons (Fsp3) is 0.407. The topological polar surface area (TPSA) is 74.9 Å². The highest BCUT2D eigenvalue weighted by Crippen LogP contribution is 2.19. The number of H-pyrrole nitrogens is 1. The second kappa shape index (κ2) is 12.2. The number of aromatic amines is 1. The third-order valence-electron chi connectivity index (χ3n) is 5.91. The maximum atomic E-state index is 13.5. The molecule has 7 nitrogen and oxygen atoms in total. The summed E-state index contributed by atoms with van der Waals surface area (Å²) < 4.78 is 10.4. The molecule has 182 valence electrons. The number of carbonyl (C=O) groups excluding carboxylic acids is 2. The number of hydrogen-bond donors (Lipinski definition) is 1. The van der Waals surface area contributed by atoms with Crippen molar-refractivity contribution in [3.8, 4) is 5.75 Å². The number of aromatic nitrogens is 1. The average Bonchev–Trinajstić information content (AvgIpc) is 3.27. The summed E-state index contributed by atoms with van der Waals surface area (Å²) in [4.78, 5) is 32.9. The highest BCUT2D eigenvalue weighted by molar-refractivity contribution is 5.86. The Morgan fingerprint density at radius 1 is 0.971 bits per heavy atom. The minimum atomic E-state index is -0.189. The second-order valence-corrected chi connectivity index (χ2v) is 8.68. The van der Waals surface area contributed by atoms with Crippen LogP contribution in [0.1, 0.15) is 25.0 Å². The molecule has 0 fully saturated rings. The molecule has 0 aliphatic carbocycles. The first-order valence-corrected chi connectivity index (χ1v) is 11.7. The van der Waals surface area contributed by atoms with Gasteiger partial charge in [0.1, 0.15) is 5.75 Å². The predicted octanol–water partition coefficient (Wildman–Crippen LogP) is 3.88. The lowest BCUT2D eigenvalue weighted by atomic mass is 10.1. The van der Waals surface area contributed by atoms with E-state index in [0.717, 1.165) is 27.8 Å². The smallest absolute Gasteiger partial charge is 0.242 e. The molecule has 3 aromatic rings. The van der Waals surface area contributed by atoms with E-state index in [1.807, 2.05) is 67.4 Å². The van der Waals surface area contributed by atoms with E-state index >= 15 is 0 Å². The van der Waals surface area contributed by atoms with Gasteiger partial charge in [-0.15, -0.1) is 0 Å². The second-order valence-electron chi connectivity index (χ2n) is 8.68. The molecule has 1 heterocycles. The van der Waals surface area contributed by atoms with Crippen LogP contribution < -0.4 is 4.74 Å². The first kappa shape index (κ1) is 25.3. The summed E-state index contributed by atoms with van der Waals surface area (Å²) in [5, 5.41) is 1.16. The summed E-state index contributed by atoms with van der Waals surface area (Å²) in [6, 6.07) is 15.9. The fourth-order valence-corrected chi connectivity index (χ4v) is 3.93. The standard InChI is InChI=1S/C27H35N3O4/c1-20(2)27(32)30(15-16-33-3)19-26(31)29(18-21-9-11-23(34-4)12-10-21)14-13-22-17-28-25-8-6-5-7-24(22)25/h5-12,17,20,28H,13-16,18-19H2,1-4H3. The highest BCUT2D eigenvalue weighted by atomic mass is 16.5. The molecule has 0 atom stereocenters. The van der Waals surface area contributed by atoms with Gasteiger partial charge in [0, 0.05) is 49.8 Å². The maximum Gasteiger partial charge on any atom is 0.242 e. The van der Waals surface area contributed by atoms with Crippen LogP contribution in [-0.2, 0) is 27.3 Å². The van der Waals surface area contributed by atoms with Crippen LogP contribution in [0, 0.1) is 5.92 Å². The van der Waals surface area contributed by atoms with Crippen LogP contribution >= 0.6 is 0 Å². The summed E-state index contributed by atoms with van der Waals surface area (Å²) in [5.41, 5.74) is 3.25. The Balaban J connectivity index is 1.78. The Bertz CT molecular complexity index is 1070. The molecule has 2 aromatic carbocycles. The number of ether oxygens (including phenoxy) is 2. The third kappa shape index (κ3) is 6.60. The van der Waals surface area contributed by atoms with Crippen molar-refractivity contribution in [2.24, 2.45) is 5.92 Å². The van der Waals surface area contributed by atoms with Gasteiger partial charge < -0.3 is 24.3 Å². The molecule has 34 heavy (non-hydrogen) atoms. The van der Waals surface area contributed by atoms with Crippen molar-refractivity contribution < 1.29 is 19.1 Å². The SMILES string of the molecule is COCCN(CC(=O)N(CCc1c[nH]c2ccccc12)Cc1ccc(OC)cc1)C(=O)C(C)C. The lowest BCUT2D eigenvalue weighted by molar-refractivity contribution is -0.143. The van der Waals surface area contributed by atoms with Crippen molar-refractivity contribution >= 4 is 22.7 Å². The summed E-state index contributed by atoms with van der Waals surface area (Å²) in [7, 11) is 3.23. The van der Waals surface area contributed by atoms with Crippen molar-refractivity contribution in [1.29, 1.82) is 0 Å². The van der Waals surface area contributed by atoms with E-state index in [-0.39, 0.29) is 24.3 Å². The lowest BCUT2D eigenvalue weighted by Crippen LogP contribution is -2.45. The molecule has 0 aliphatic heterocycles.